The Morgan fingerprint density at radius 3 is 2.67 bits per heavy atom. The number of hydrogen-bond acceptors (Lipinski definition) is 5. The summed E-state index contributed by atoms with van der Waals surface area (Å²) in [7, 11) is 3.26. The second-order valence-electron chi connectivity index (χ2n) is 6.82. The first-order valence-corrected chi connectivity index (χ1v) is 9.43. The smallest absolute Gasteiger partial charge is 0.223 e. The Morgan fingerprint density at radius 1 is 1.19 bits per heavy atom. The molecule has 1 saturated heterocycles. The molecule has 2 aromatic rings. The van der Waals surface area contributed by atoms with Crippen molar-refractivity contribution in [3.8, 4) is 11.5 Å². The maximum absolute atomic E-state index is 12.5. The van der Waals surface area contributed by atoms with Crippen LogP contribution in [0.5, 0.6) is 11.5 Å². The molecule has 146 valence electrons. The summed E-state index contributed by atoms with van der Waals surface area (Å²) < 4.78 is 16.2. The third-order valence-corrected chi connectivity index (χ3v) is 5.10. The monoisotopic (exact) mass is 372 g/mol. The number of carbonyl (C=O) groups is 1. The van der Waals surface area contributed by atoms with Crippen LogP contribution in [0.3, 0.4) is 0 Å². The van der Waals surface area contributed by atoms with E-state index in [1.165, 1.54) is 0 Å². The van der Waals surface area contributed by atoms with Gasteiger partial charge in [0.1, 0.15) is 5.76 Å². The lowest BCUT2D eigenvalue weighted by atomic mass is 9.95. The van der Waals surface area contributed by atoms with Gasteiger partial charge in [0.05, 0.1) is 27.0 Å². The van der Waals surface area contributed by atoms with Gasteiger partial charge in [-0.3, -0.25) is 9.69 Å². The topological polar surface area (TPSA) is 63.9 Å². The van der Waals surface area contributed by atoms with Gasteiger partial charge in [0.2, 0.25) is 5.91 Å². The molecule has 0 bridgehead atoms. The van der Waals surface area contributed by atoms with E-state index in [-0.39, 0.29) is 11.8 Å². The molecular weight excluding hydrogens is 344 g/mol. The van der Waals surface area contributed by atoms with Crippen molar-refractivity contribution < 1.29 is 18.7 Å². The summed E-state index contributed by atoms with van der Waals surface area (Å²) in [5, 5.41) is 3.08. The van der Waals surface area contributed by atoms with Crippen molar-refractivity contribution in [2.45, 2.75) is 25.8 Å². The molecule has 1 fully saturated rings. The van der Waals surface area contributed by atoms with Crippen LogP contribution in [-0.2, 0) is 17.8 Å². The van der Waals surface area contributed by atoms with E-state index >= 15 is 0 Å². The minimum atomic E-state index is 0.0880. The first kappa shape index (κ1) is 19.3. The molecular formula is C21H28N2O4. The van der Waals surface area contributed by atoms with Gasteiger partial charge < -0.3 is 19.2 Å². The van der Waals surface area contributed by atoms with Gasteiger partial charge in [0.15, 0.2) is 11.5 Å². The summed E-state index contributed by atoms with van der Waals surface area (Å²) in [6.07, 6.45) is 4.18. The summed E-state index contributed by atoms with van der Waals surface area (Å²) in [6.45, 7) is 3.25. The number of para-hydroxylation sites is 1. The van der Waals surface area contributed by atoms with Crippen LogP contribution in [-0.4, -0.2) is 44.7 Å². The van der Waals surface area contributed by atoms with Gasteiger partial charge in [-0.2, -0.15) is 0 Å². The SMILES string of the molecule is COc1cccc(CCNC(=O)C2CCN(Cc3ccco3)CC2)c1OC. The molecule has 0 atom stereocenters. The number of carbonyl (C=O) groups excluding carboxylic acids is 1. The fourth-order valence-electron chi connectivity index (χ4n) is 3.59. The van der Waals surface area contributed by atoms with Crippen molar-refractivity contribution in [1.29, 1.82) is 0 Å². The number of rotatable bonds is 8. The number of methoxy groups -OCH3 is 2. The second kappa shape index (κ2) is 9.46. The van der Waals surface area contributed by atoms with Gasteiger partial charge in [-0.1, -0.05) is 12.1 Å². The highest BCUT2D eigenvalue weighted by atomic mass is 16.5. The van der Waals surface area contributed by atoms with E-state index in [2.05, 4.69) is 10.2 Å². The number of hydrogen-bond donors (Lipinski definition) is 1. The number of piperidine rings is 1. The van der Waals surface area contributed by atoms with Crippen molar-refractivity contribution >= 4 is 5.91 Å². The quantitative estimate of drug-likeness (QED) is 0.772. The van der Waals surface area contributed by atoms with Crippen LogP contribution >= 0.6 is 0 Å². The zero-order valence-electron chi connectivity index (χ0n) is 16.1. The fourth-order valence-corrected chi connectivity index (χ4v) is 3.59. The van der Waals surface area contributed by atoms with Crippen LogP contribution in [0.1, 0.15) is 24.2 Å². The van der Waals surface area contributed by atoms with Crippen LogP contribution in [0.25, 0.3) is 0 Å². The molecule has 0 aliphatic carbocycles. The van der Waals surface area contributed by atoms with Gasteiger partial charge in [0.25, 0.3) is 0 Å². The molecule has 1 aliphatic heterocycles. The number of ether oxygens (including phenoxy) is 2. The minimum absolute atomic E-state index is 0.0880. The fraction of sp³-hybridized carbons (Fsp3) is 0.476. The van der Waals surface area contributed by atoms with Crippen molar-refractivity contribution in [2.75, 3.05) is 33.9 Å². The third-order valence-electron chi connectivity index (χ3n) is 5.10. The van der Waals surface area contributed by atoms with E-state index in [9.17, 15) is 4.79 Å². The lowest BCUT2D eigenvalue weighted by Gasteiger charge is -2.30. The maximum atomic E-state index is 12.5. The standard InChI is InChI=1S/C21H28N2O4/c1-25-19-7-3-5-16(20(19)26-2)8-11-22-21(24)17-9-12-23(13-10-17)15-18-6-4-14-27-18/h3-7,14,17H,8-13,15H2,1-2H3,(H,22,24). The van der Waals surface area contributed by atoms with Gasteiger partial charge in [-0.05, 0) is 56.1 Å². The molecule has 0 saturated carbocycles. The number of nitrogens with zero attached hydrogens (tertiary/aromatic N) is 1. The van der Waals surface area contributed by atoms with E-state index in [0.717, 1.165) is 49.5 Å². The van der Waals surface area contributed by atoms with E-state index in [4.69, 9.17) is 13.9 Å². The first-order valence-electron chi connectivity index (χ1n) is 9.43. The molecule has 1 aromatic heterocycles. The predicted octanol–water partition coefficient (Wildman–Crippen LogP) is 2.87. The Bertz CT molecular complexity index is 722. The zero-order chi connectivity index (χ0) is 19.1. The number of benzene rings is 1. The summed E-state index contributed by atoms with van der Waals surface area (Å²) in [5.74, 6) is 2.66. The summed E-state index contributed by atoms with van der Waals surface area (Å²) in [4.78, 5) is 14.8. The van der Waals surface area contributed by atoms with E-state index in [0.29, 0.717) is 18.7 Å². The average Bonchev–Trinajstić information content (AvgIpc) is 3.21. The summed E-state index contributed by atoms with van der Waals surface area (Å²) in [5.41, 5.74) is 1.03. The molecule has 1 aromatic carbocycles. The lowest BCUT2D eigenvalue weighted by Crippen LogP contribution is -2.40. The highest BCUT2D eigenvalue weighted by molar-refractivity contribution is 5.78. The second-order valence-corrected chi connectivity index (χ2v) is 6.82. The molecule has 0 radical (unpaired) electrons. The van der Waals surface area contributed by atoms with E-state index < -0.39 is 0 Å². The highest BCUT2D eigenvalue weighted by Gasteiger charge is 2.25. The van der Waals surface area contributed by atoms with Crippen molar-refractivity contribution in [3.63, 3.8) is 0 Å². The molecule has 0 unspecified atom stereocenters. The van der Waals surface area contributed by atoms with Crippen LogP contribution in [0, 0.1) is 5.92 Å². The van der Waals surface area contributed by atoms with E-state index in [1.54, 1.807) is 20.5 Å². The molecule has 1 aliphatic rings. The number of likely N-dealkylation sites (tertiary alicyclic amines) is 1. The van der Waals surface area contributed by atoms with Crippen LogP contribution in [0.15, 0.2) is 41.0 Å². The Balaban J connectivity index is 1.43. The third kappa shape index (κ3) is 5.04. The minimum Gasteiger partial charge on any atom is -0.493 e. The first-order chi connectivity index (χ1) is 13.2. The molecule has 0 spiro atoms. The Hall–Kier alpha value is -2.47. The number of furan rings is 1. The summed E-state index contributed by atoms with van der Waals surface area (Å²) >= 11 is 0. The molecule has 27 heavy (non-hydrogen) atoms. The van der Waals surface area contributed by atoms with E-state index in [1.807, 2.05) is 30.3 Å². The van der Waals surface area contributed by atoms with Crippen molar-refractivity contribution in [3.05, 3.63) is 47.9 Å². The number of amides is 1. The van der Waals surface area contributed by atoms with Gasteiger partial charge >= 0.3 is 0 Å². The Labute approximate surface area is 160 Å². The van der Waals surface area contributed by atoms with Gasteiger partial charge in [0, 0.05) is 12.5 Å². The van der Waals surface area contributed by atoms with Crippen LogP contribution in [0.4, 0.5) is 0 Å². The zero-order valence-corrected chi connectivity index (χ0v) is 16.1. The Kier molecular flexibility index (Phi) is 6.76. The normalized spacial score (nSPS) is 15.5. The summed E-state index contributed by atoms with van der Waals surface area (Å²) in [6, 6.07) is 9.71. The maximum Gasteiger partial charge on any atom is 0.223 e. The molecule has 2 heterocycles. The highest BCUT2D eigenvalue weighted by Crippen LogP contribution is 2.30. The van der Waals surface area contributed by atoms with Crippen LogP contribution in [0.2, 0.25) is 0 Å². The van der Waals surface area contributed by atoms with Crippen molar-refractivity contribution in [1.82, 2.24) is 10.2 Å². The number of nitrogens with one attached hydrogen (secondary N) is 1. The largest absolute Gasteiger partial charge is 0.493 e. The molecule has 6 nitrogen and oxygen atoms in total. The molecule has 6 heteroatoms. The molecule has 1 amide bonds. The van der Waals surface area contributed by atoms with Crippen LogP contribution < -0.4 is 14.8 Å². The lowest BCUT2D eigenvalue weighted by molar-refractivity contribution is -0.126. The Morgan fingerprint density at radius 2 is 2.00 bits per heavy atom. The van der Waals surface area contributed by atoms with Crippen molar-refractivity contribution in [2.24, 2.45) is 5.92 Å². The van der Waals surface area contributed by atoms with Gasteiger partial charge in [-0.25, -0.2) is 0 Å². The molecule has 3 rings (SSSR count). The molecule has 1 N–H and O–H groups in total. The predicted molar refractivity (Wildman–Crippen MR) is 103 cm³/mol. The van der Waals surface area contributed by atoms with Gasteiger partial charge in [-0.15, -0.1) is 0 Å². The average molecular weight is 372 g/mol.